The number of benzene rings is 1. The molecule has 28 heavy (non-hydrogen) atoms. The second-order valence-corrected chi connectivity index (χ2v) is 6.46. The van der Waals surface area contributed by atoms with Crippen molar-refractivity contribution in [1.29, 1.82) is 5.26 Å². The van der Waals surface area contributed by atoms with Crippen LogP contribution in [0.2, 0.25) is 5.02 Å². The van der Waals surface area contributed by atoms with E-state index in [0.29, 0.717) is 11.3 Å². The minimum atomic E-state index is -2.34. The number of carbonyl (C=O) groups excluding carboxylic acids is 2. The van der Waals surface area contributed by atoms with Crippen LogP contribution in [0.3, 0.4) is 0 Å². The number of pyridine rings is 1. The average molecular weight is 405 g/mol. The number of aliphatic hydroxyl groups is 1. The lowest BCUT2D eigenvalue weighted by Gasteiger charge is -2.22. The molecule has 0 radical (unpaired) electrons. The number of hydrogen-bond donors (Lipinski definition) is 2. The molecule has 144 valence electrons. The van der Waals surface area contributed by atoms with E-state index < -0.39 is 23.6 Å². The van der Waals surface area contributed by atoms with Gasteiger partial charge in [0.2, 0.25) is 0 Å². The molecule has 1 aromatic carbocycles. The number of hydrogen-bond acceptors (Lipinski definition) is 6. The summed E-state index contributed by atoms with van der Waals surface area (Å²) in [5.41, 5.74) is 0.925. The molecule has 1 atom stereocenters. The molecule has 2 heterocycles. The molecule has 0 spiro atoms. The zero-order valence-corrected chi connectivity index (χ0v) is 15.1. The zero-order chi connectivity index (χ0) is 20.3. The number of nitriles is 1. The second kappa shape index (κ2) is 7.80. The van der Waals surface area contributed by atoms with E-state index in [1.165, 1.54) is 35.4 Å². The molecule has 1 aliphatic rings. The largest absolute Gasteiger partial charge is 0.410 e. The van der Waals surface area contributed by atoms with Gasteiger partial charge in [-0.1, -0.05) is 11.6 Å². The Morgan fingerprint density at radius 3 is 2.89 bits per heavy atom. The number of nitrogens with zero attached hydrogens (tertiary/aromatic N) is 3. The van der Waals surface area contributed by atoms with Crippen molar-refractivity contribution in [2.24, 2.45) is 0 Å². The minimum absolute atomic E-state index is 0.0930. The summed E-state index contributed by atoms with van der Waals surface area (Å²) in [6.45, 7) is -0.0143. The lowest BCUT2D eigenvalue weighted by atomic mass is 10.2. The Kier molecular flexibility index (Phi) is 5.44. The van der Waals surface area contributed by atoms with E-state index in [4.69, 9.17) is 21.6 Å². The van der Waals surface area contributed by atoms with Crippen LogP contribution >= 0.6 is 11.6 Å². The van der Waals surface area contributed by atoms with Gasteiger partial charge in [-0.3, -0.25) is 4.79 Å². The first-order valence-electron chi connectivity index (χ1n) is 8.13. The minimum Gasteiger partial charge on any atom is -0.407 e. The Labute approximate surface area is 164 Å². The summed E-state index contributed by atoms with van der Waals surface area (Å²) in [7, 11) is 0. The molecule has 1 aromatic heterocycles. The Hall–Kier alpha value is -3.22. The van der Waals surface area contributed by atoms with E-state index in [1.807, 2.05) is 6.07 Å². The summed E-state index contributed by atoms with van der Waals surface area (Å²) in [6.07, 6.45) is 0.122. The summed E-state index contributed by atoms with van der Waals surface area (Å²) in [5, 5.41) is 21.7. The normalized spacial score (nSPS) is 18.6. The van der Waals surface area contributed by atoms with Gasteiger partial charge in [0.05, 0.1) is 11.9 Å². The van der Waals surface area contributed by atoms with Crippen molar-refractivity contribution in [2.75, 3.05) is 11.4 Å². The van der Waals surface area contributed by atoms with Crippen LogP contribution in [0, 0.1) is 17.1 Å². The molecule has 1 saturated heterocycles. The second-order valence-electron chi connectivity index (χ2n) is 6.03. The van der Waals surface area contributed by atoms with Crippen LogP contribution in [-0.2, 0) is 16.1 Å². The first-order chi connectivity index (χ1) is 13.3. The van der Waals surface area contributed by atoms with Gasteiger partial charge in [0.1, 0.15) is 17.6 Å². The van der Waals surface area contributed by atoms with Gasteiger partial charge in [-0.2, -0.15) is 5.26 Å². The number of anilines is 1. The lowest BCUT2D eigenvalue weighted by molar-refractivity contribution is -0.175. The van der Waals surface area contributed by atoms with E-state index in [9.17, 15) is 19.1 Å². The van der Waals surface area contributed by atoms with Crippen molar-refractivity contribution in [2.45, 2.75) is 18.8 Å². The maximum absolute atomic E-state index is 13.3. The van der Waals surface area contributed by atoms with Crippen LogP contribution in [0.15, 0.2) is 36.5 Å². The van der Waals surface area contributed by atoms with Gasteiger partial charge in [-0.25, -0.2) is 14.2 Å². The smallest absolute Gasteiger partial charge is 0.407 e. The van der Waals surface area contributed by atoms with Gasteiger partial charge >= 0.3 is 6.09 Å². The van der Waals surface area contributed by atoms with Gasteiger partial charge < -0.3 is 20.1 Å². The molecular formula is C18H14ClFN4O4. The van der Waals surface area contributed by atoms with E-state index >= 15 is 0 Å². The number of amides is 2. The van der Waals surface area contributed by atoms with Crippen molar-refractivity contribution < 1.29 is 23.8 Å². The molecule has 3 rings (SSSR count). The van der Waals surface area contributed by atoms with Crippen molar-refractivity contribution in [1.82, 2.24) is 10.3 Å². The van der Waals surface area contributed by atoms with Gasteiger partial charge in [-0.15, -0.1) is 0 Å². The number of rotatable bonds is 4. The highest BCUT2D eigenvalue weighted by Gasteiger charge is 2.49. The highest BCUT2D eigenvalue weighted by atomic mass is 35.5. The van der Waals surface area contributed by atoms with Gasteiger partial charge in [0.15, 0.2) is 0 Å². The first-order valence-corrected chi connectivity index (χ1v) is 8.51. The van der Waals surface area contributed by atoms with Crippen LogP contribution < -0.4 is 10.2 Å². The number of alkyl carbamates (subject to hydrolysis) is 1. The monoisotopic (exact) mass is 404 g/mol. The molecule has 0 aliphatic carbocycles. The SMILES string of the molecule is N#Cc1ccc(N2CC[C@@](O)(OC(=O)NCc3cc(F)cc(Cl)c3)C2=O)cn1. The van der Waals surface area contributed by atoms with Gasteiger partial charge in [0, 0.05) is 24.5 Å². The maximum atomic E-state index is 13.3. The molecule has 10 heteroatoms. The Morgan fingerprint density at radius 2 is 2.25 bits per heavy atom. The molecule has 0 bridgehead atoms. The van der Waals surface area contributed by atoms with Crippen LogP contribution in [0.5, 0.6) is 0 Å². The van der Waals surface area contributed by atoms with Crippen molar-refractivity contribution in [3.63, 3.8) is 0 Å². The quantitative estimate of drug-likeness (QED) is 0.754. The molecule has 0 unspecified atom stereocenters. The third-order valence-corrected chi connectivity index (χ3v) is 4.27. The standard InChI is InChI=1S/C18H14ClFN4O4/c19-12-5-11(6-13(20)7-12)9-23-17(26)28-18(27)3-4-24(16(18)25)15-2-1-14(8-21)22-10-15/h1-2,5-7,10,27H,3-4,9H2,(H,23,26)/t18-/m1/s1. The van der Waals surface area contributed by atoms with E-state index in [1.54, 1.807) is 0 Å². The fourth-order valence-electron chi connectivity index (χ4n) is 2.71. The van der Waals surface area contributed by atoms with Crippen LogP contribution in [0.4, 0.5) is 14.9 Å². The lowest BCUT2D eigenvalue weighted by Crippen LogP contribution is -2.46. The van der Waals surface area contributed by atoms with Crippen molar-refractivity contribution in [3.8, 4) is 6.07 Å². The average Bonchev–Trinajstić information content (AvgIpc) is 2.94. The molecule has 1 fully saturated rings. The van der Waals surface area contributed by atoms with Crippen molar-refractivity contribution in [3.05, 3.63) is 58.6 Å². The molecule has 1 aliphatic heterocycles. The maximum Gasteiger partial charge on any atom is 0.410 e. The third kappa shape index (κ3) is 4.19. The molecular weight excluding hydrogens is 391 g/mol. The predicted molar refractivity (Wildman–Crippen MR) is 95.6 cm³/mol. The molecule has 8 nitrogen and oxygen atoms in total. The molecule has 0 saturated carbocycles. The topological polar surface area (TPSA) is 116 Å². The number of halogens is 2. The number of nitrogens with one attached hydrogen (secondary N) is 1. The Morgan fingerprint density at radius 1 is 1.46 bits per heavy atom. The summed E-state index contributed by atoms with van der Waals surface area (Å²) in [4.78, 5) is 29.5. The van der Waals surface area contributed by atoms with Gasteiger partial charge in [0.25, 0.3) is 11.7 Å². The van der Waals surface area contributed by atoms with E-state index in [2.05, 4.69) is 10.3 Å². The van der Waals surface area contributed by atoms with Crippen molar-refractivity contribution >= 4 is 29.3 Å². The molecule has 2 amide bonds. The van der Waals surface area contributed by atoms with E-state index in [-0.39, 0.29) is 30.2 Å². The Bertz CT molecular complexity index is 943. The highest BCUT2D eigenvalue weighted by Crippen LogP contribution is 2.29. The zero-order valence-electron chi connectivity index (χ0n) is 14.4. The third-order valence-electron chi connectivity index (χ3n) is 4.05. The number of ether oxygens (including phenoxy) is 1. The van der Waals surface area contributed by atoms with Gasteiger partial charge in [-0.05, 0) is 35.9 Å². The fraction of sp³-hybridized carbons (Fsp3) is 0.222. The fourth-order valence-corrected chi connectivity index (χ4v) is 2.96. The first kappa shape index (κ1) is 19.5. The van der Waals surface area contributed by atoms with Crippen LogP contribution in [-0.4, -0.2) is 34.4 Å². The number of carbonyl (C=O) groups is 2. The van der Waals surface area contributed by atoms with E-state index in [0.717, 1.165) is 6.07 Å². The summed E-state index contributed by atoms with van der Waals surface area (Å²) < 4.78 is 18.2. The summed E-state index contributed by atoms with van der Waals surface area (Å²) >= 11 is 5.74. The van der Waals surface area contributed by atoms with Crippen LogP contribution in [0.25, 0.3) is 0 Å². The summed E-state index contributed by atoms with van der Waals surface area (Å²) in [6, 6.07) is 8.55. The highest BCUT2D eigenvalue weighted by molar-refractivity contribution is 6.30. The number of aromatic nitrogens is 1. The molecule has 2 aromatic rings. The summed E-state index contributed by atoms with van der Waals surface area (Å²) in [5.74, 6) is -3.73. The predicted octanol–water partition coefficient (Wildman–Crippen LogP) is 2.10. The Balaban J connectivity index is 1.62. The van der Waals surface area contributed by atoms with Crippen LogP contribution in [0.1, 0.15) is 17.7 Å². The molecule has 2 N–H and O–H groups in total.